The van der Waals surface area contributed by atoms with Gasteiger partial charge in [0.1, 0.15) is 24.9 Å². The lowest BCUT2D eigenvalue weighted by Crippen LogP contribution is -2.67. The van der Waals surface area contributed by atoms with E-state index in [4.69, 9.17) is 66.3 Å². The zero-order valence-electron chi connectivity index (χ0n) is 41.6. The molecule has 404 valence electrons. The van der Waals surface area contributed by atoms with Crippen LogP contribution >= 0.6 is 0 Å². The van der Waals surface area contributed by atoms with Crippen molar-refractivity contribution in [3.63, 3.8) is 0 Å². The smallest absolute Gasteiger partial charge is 0.338 e. The molecule has 24 nitrogen and oxygen atoms in total. The van der Waals surface area contributed by atoms with Crippen molar-refractivity contribution in [1.29, 1.82) is 0 Å². The molecule has 3 fully saturated rings. The summed E-state index contributed by atoms with van der Waals surface area (Å²) in [6.45, 7) is 6.06. The number of aliphatic hydroxyl groups is 1. The Hall–Kier alpha value is -7.35. The first-order chi connectivity index (χ1) is 35.7. The molecule has 3 aromatic rings. The molecule has 15 atom stereocenters. The molecule has 3 aliphatic heterocycles. The van der Waals surface area contributed by atoms with E-state index < -0.39 is 159 Å². The highest BCUT2D eigenvalue weighted by atomic mass is 16.8. The van der Waals surface area contributed by atoms with Crippen molar-refractivity contribution in [3.8, 4) is 0 Å². The van der Waals surface area contributed by atoms with Crippen molar-refractivity contribution in [1.82, 2.24) is 0 Å². The van der Waals surface area contributed by atoms with Gasteiger partial charge < -0.3 is 71.4 Å². The van der Waals surface area contributed by atoms with E-state index in [0.717, 1.165) is 41.5 Å². The number of rotatable bonds is 18. The number of ether oxygens (including phenoxy) is 14. The third-order valence-electron chi connectivity index (χ3n) is 11.4. The highest BCUT2D eigenvalue weighted by molar-refractivity contribution is 5.91. The van der Waals surface area contributed by atoms with Crippen LogP contribution in [0.25, 0.3) is 0 Å². The molecule has 3 saturated heterocycles. The fourth-order valence-electron chi connectivity index (χ4n) is 8.30. The summed E-state index contributed by atoms with van der Waals surface area (Å²) in [5.41, 5.74) is 0.0385. The number of hydrogen-bond donors (Lipinski definition) is 1. The predicted molar refractivity (Wildman–Crippen MR) is 246 cm³/mol. The monoisotopic (exact) mass is 1050 g/mol. The van der Waals surface area contributed by atoms with Gasteiger partial charge in [0.25, 0.3) is 0 Å². The van der Waals surface area contributed by atoms with Crippen molar-refractivity contribution >= 4 is 53.7 Å². The topological polar surface area (TPSA) is 303 Å². The molecule has 3 heterocycles. The van der Waals surface area contributed by atoms with Crippen molar-refractivity contribution in [2.45, 2.75) is 141 Å². The van der Waals surface area contributed by atoms with E-state index in [-0.39, 0.29) is 16.7 Å². The van der Waals surface area contributed by atoms with Gasteiger partial charge in [0.15, 0.2) is 67.7 Å². The third-order valence-corrected chi connectivity index (χ3v) is 11.4. The number of benzene rings is 3. The standard InChI is InChI=1S/C51H56O24/c1-25-37(65-27(3)53)40(67-29(5)55)45(69-31(7)57)51(64-25)75-42-38(66-28(4)54)36(23-62-26(2)52)71-50(44(42)68-30(6)56)63-24-35-39(72-46(58)32-17-11-8-12-18-32)41(73-47(59)33-19-13-9-14-20-33)43(49(61)70-35)74-48(60)34-21-15-10-16-22-34/h8-22,25,35-45,49-51,61H,23-24H2,1-7H3/t25-,35+,36+,37+,38-,39-,40+,41-,42-,43+,44+,45-,49-,50+,51-/m0/s1. The van der Waals surface area contributed by atoms with Crippen LogP contribution < -0.4 is 0 Å². The van der Waals surface area contributed by atoms with Gasteiger partial charge in [0.2, 0.25) is 0 Å². The summed E-state index contributed by atoms with van der Waals surface area (Å²) >= 11 is 0. The number of hydrogen-bond acceptors (Lipinski definition) is 24. The summed E-state index contributed by atoms with van der Waals surface area (Å²) in [6, 6.07) is 22.7. The molecular formula is C51H56O24. The summed E-state index contributed by atoms with van der Waals surface area (Å²) in [5.74, 6) is -8.49. The average molecular weight is 1050 g/mol. The molecule has 24 heteroatoms. The second-order valence-electron chi connectivity index (χ2n) is 17.1. The summed E-state index contributed by atoms with van der Waals surface area (Å²) in [5, 5.41) is 11.7. The fraction of sp³-hybridized carbons (Fsp3) is 0.471. The van der Waals surface area contributed by atoms with Crippen molar-refractivity contribution < 1.29 is 115 Å². The van der Waals surface area contributed by atoms with Crippen LogP contribution in [0.3, 0.4) is 0 Å². The molecule has 0 unspecified atom stereocenters. The average Bonchev–Trinajstić information content (AvgIpc) is 3.35. The van der Waals surface area contributed by atoms with Crippen LogP contribution in [-0.4, -0.2) is 164 Å². The van der Waals surface area contributed by atoms with Gasteiger partial charge in [0, 0.05) is 41.5 Å². The summed E-state index contributed by atoms with van der Waals surface area (Å²) in [4.78, 5) is 117. The fourth-order valence-corrected chi connectivity index (χ4v) is 8.30. The lowest BCUT2D eigenvalue weighted by atomic mass is 9.96. The molecule has 3 aliphatic rings. The second kappa shape index (κ2) is 26.2. The maximum atomic E-state index is 14.0. The number of esters is 9. The first-order valence-electron chi connectivity index (χ1n) is 23.4. The minimum absolute atomic E-state index is 0.00559. The maximum Gasteiger partial charge on any atom is 0.338 e. The van der Waals surface area contributed by atoms with Gasteiger partial charge in [-0.05, 0) is 43.3 Å². The van der Waals surface area contributed by atoms with Crippen molar-refractivity contribution in [2.75, 3.05) is 13.2 Å². The summed E-state index contributed by atoms with van der Waals surface area (Å²) in [6.07, 6.45) is -26.1. The molecule has 0 aromatic heterocycles. The van der Waals surface area contributed by atoms with Crippen molar-refractivity contribution in [3.05, 3.63) is 108 Å². The predicted octanol–water partition coefficient (Wildman–Crippen LogP) is 2.47. The van der Waals surface area contributed by atoms with Gasteiger partial charge >= 0.3 is 53.7 Å². The van der Waals surface area contributed by atoms with Crippen molar-refractivity contribution in [2.24, 2.45) is 0 Å². The van der Waals surface area contributed by atoms with E-state index in [1.807, 2.05) is 0 Å². The quantitative estimate of drug-likeness (QED) is 0.141. The van der Waals surface area contributed by atoms with Gasteiger partial charge in [-0.25, -0.2) is 14.4 Å². The summed E-state index contributed by atoms with van der Waals surface area (Å²) in [7, 11) is 0. The number of carbonyl (C=O) groups is 9. The zero-order valence-corrected chi connectivity index (χ0v) is 41.6. The van der Waals surface area contributed by atoms with E-state index in [9.17, 15) is 48.3 Å². The molecule has 75 heavy (non-hydrogen) atoms. The minimum Gasteiger partial charge on any atom is -0.463 e. The second-order valence-corrected chi connectivity index (χ2v) is 17.1. The largest absolute Gasteiger partial charge is 0.463 e. The van der Waals surface area contributed by atoms with Crippen LogP contribution in [0.4, 0.5) is 0 Å². The Morgan fingerprint density at radius 1 is 0.400 bits per heavy atom. The Balaban J connectivity index is 1.42. The van der Waals surface area contributed by atoms with Crippen LogP contribution in [-0.2, 0) is 95.1 Å². The molecule has 0 radical (unpaired) electrons. The van der Waals surface area contributed by atoms with Crippen LogP contribution in [0.15, 0.2) is 91.0 Å². The highest BCUT2D eigenvalue weighted by Crippen LogP contribution is 2.37. The summed E-state index contributed by atoms with van der Waals surface area (Å²) < 4.78 is 82.1. The number of carbonyl (C=O) groups excluding carboxylic acids is 9. The van der Waals surface area contributed by atoms with Crippen LogP contribution in [0.5, 0.6) is 0 Å². The Morgan fingerprint density at radius 2 is 0.773 bits per heavy atom. The van der Waals surface area contributed by atoms with E-state index in [2.05, 4.69) is 0 Å². The van der Waals surface area contributed by atoms with E-state index in [1.54, 1.807) is 54.6 Å². The zero-order chi connectivity index (χ0) is 54.5. The van der Waals surface area contributed by atoms with Gasteiger partial charge in [-0.15, -0.1) is 0 Å². The Morgan fingerprint density at radius 3 is 1.24 bits per heavy atom. The third kappa shape index (κ3) is 15.4. The molecule has 0 spiro atoms. The van der Waals surface area contributed by atoms with E-state index in [1.165, 1.54) is 43.3 Å². The molecule has 1 N–H and O–H groups in total. The minimum atomic E-state index is -2.14. The van der Waals surface area contributed by atoms with Gasteiger partial charge in [0.05, 0.1) is 29.4 Å². The Kier molecular flexibility index (Phi) is 19.9. The van der Waals surface area contributed by atoms with Gasteiger partial charge in [-0.3, -0.25) is 28.8 Å². The molecule has 0 amide bonds. The van der Waals surface area contributed by atoms with Gasteiger partial charge in [-0.2, -0.15) is 0 Å². The van der Waals surface area contributed by atoms with Crippen LogP contribution in [0.2, 0.25) is 0 Å². The number of aliphatic hydroxyl groups excluding tert-OH is 1. The first-order valence-corrected chi connectivity index (χ1v) is 23.4. The molecule has 3 aromatic carbocycles. The van der Waals surface area contributed by atoms with Crippen LogP contribution in [0, 0.1) is 0 Å². The molecule has 0 bridgehead atoms. The first kappa shape index (κ1) is 56.9. The normalized spacial score (nSPS) is 29.2. The highest BCUT2D eigenvalue weighted by Gasteiger charge is 2.58. The lowest BCUT2D eigenvalue weighted by Gasteiger charge is -2.49. The Labute approximate surface area is 428 Å². The maximum absolute atomic E-state index is 14.0. The van der Waals surface area contributed by atoms with E-state index >= 15 is 0 Å². The molecule has 6 rings (SSSR count). The molecule has 0 aliphatic carbocycles. The van der Waals surface area contributed by atoms with Crippen LogP contribution in [0.1, 0.15) is 79.5 Å². The Bertz CT molecular complexity index is 2490. The SMILES string of the molecule is CC(=O)OC[C@H]1O[C@@H](OC[C@H]2O[C@H](O)[C@H](OC(=O)c3ccccc3)[C@@H](OC(=O)c3ccccc3)[C@H]2OC(=O)c2ccccc2)[C@H](OC(C)=O)[C@@H](O[C@@H]2O[C@@H](C)[C@@H](OC(C)=O)[C@@H](OC(C)=O)[C@@H]2OC(C)=O)[C@H]1OC(C)=O. The van der Waals surface area contributed by atoms with E-state index in [0.29, 0.717) is 0 Å². The lowest BCUT2D eigenvalue weighted by molar-refractivity contribution is -0.363. The molecular weight excluding hydrogens is 997 g/mol. The molecule has 0 saturated carbocycles. The van der Waals surface area contributed by atoms with Gasteiger partial charge in [-0.1, -0.05) is 54.6 Å².